The quantitative estimate of drug-likeness (QED) is 0.0466. The highest BCUT2D eigenvalue weighted by atomic mass is 19.4. The zero-order valence-corrected chi connectivity index (χ0v) is 29.1. The summed E-state index contributed by atoms with van der Waals surface area (Å²) in [6.07, 6.45) is 1.18. The van der Waals surface area contributed by atoms with Crippen molar-refractivity contribution in [2.45, 2.75) is 115 Å². The van der Waals surface area contributed by atoms with E-state index in [9.17, 15) is 47.9 Å². The highest BCUT2D eigenvalue weighted by Gasteiger charge is 2.39. The smallest absolute Gasteiger partial charge is 0.416 e. The molecular formula is C35H49F3N2O11. The van der Waals surface area contributed by atoms with Gasteiger partial charge < -0.3 is 34.6 Å². The molecule has 1 aromatic rings. The van der Waals surface area contributed by atoms with Crippen molar-refractivity contribution in [3.8, 4) is 5.75 Å². The Morgan fingerprint density at radius 3 is 2.49 bits per heavy atom. The highest BCUT2D eigenvalue weighted by molar-refractivity contribution is 5.81. The Labute approximate surface area is 295 Å². The fraction of sp³-hybridized carbons (Fsp3) is 0.629. The molecule has 1 saturated carbocycles. The van der Waals surface area contributed by atoms with E-state index in [0.717, 1.165) is 12.1 Å². The Hall–Kier alpha value is -4.18. The Bertz CT molecular complexity index is 1320. The van der Waals surface area contributed by atoms with E-state index in [1.807, 2.05) is 12.2 Å². The lowest BCUT2D eigenvalue weighted by Gasteiger charge is -2.21. The molecule has 0 aliphatic heterocycles. The van der Waals surface area contributed by atoms with E-state index in [0.29, 0.717) is 25.7 Å². The van der Waals surface area contributed by atoms with Crippen LogP contribution < -0.4 is 10.1 Å². The zero-order valence-electron chi connectivity index (χ0n) is 29.1. The predicted molar refractivity (Wildman–Crippen MR) is 177 cm³/mol. The average Bonchev–Trinajstić information content (AvgIpc) is 3.32. The summed E-state index contributed by atoms with van der Waals surface area (Å²) in [5, 5.41) is 33.4. The third-order valence-electron chi connectivity index (χ3n) is 8.07. The first-order valence-corrected chi connectivity index (χ1v) is 17.0. The number of aliphatic hydroxyl groups excluding tert-OH is 2. The van der Waals surface area contributed by atoms with Crippen molar-refractivity contribution in [3.05, 3.63) is 64.2 Å². The number of benzene rings is 1. The minimum atomic E-state index is -4.61. The number of nitrogens with one attached hydrogen (secondary N) is 1. The lowest BCUT2D eigenvalue weighted by Crippen LogP contribution is -2.34. The van der Waals surface area contributed by atoms with Crippen molar-refractivity contribution in [2.24, 2.45) is 11.8 Å². The summed E-state index contributed by atoms with van der Waals surface area (Å²) in [5.74, 6) is -2.76. The number of hydrogen-bond donors (Lipinski definition) is 3. The molecule has 1 aliphatic rings. The zero-order chi connectivity index (χ0) is 38.0. The van der Waals surface area contributed by atoms with E-state index in [1.54, 1.807) is 26.8 Å². The van der Waals surface area contributed by atoms with Crippen molar-refractivity contribution in [1.29, 1.82) is 0 Å². The van der Waals surface area contributed by atoms with Crippen molar-refractivity contribution in [3.63, 3.8) is 0 Å². The molecule has 0 aromatic heterocycles. The molecule has 1 aliphatic carbocycles. The fourth-order valence-electron chi connectivity index (χ4n) is 5.50. The molecule has 0 heterocycles. The number of amides is 1. The number of rotatable bonds is 22. The van der Waals surface area contributed by atoms with Crippen molar-refractivity contribution in [1.82, 2.24) is 5.32 Å². The van der Waals surface area contributed by atoms with E-state index in [1.165, 1.54) is 18.2 Å². The lowest BCUT2D eigenvalue weighted by atomic mass is 9.89. The number of aliphatic hydroxyl groups is 2. The number of nitrogens with zero attached hydrogens (tertiary/aromatic N) is 1. The molecule has 2 rings (SSSR count). The van der Waals surface area contributed by atoms with Gasteiger partial charge in [-0.2, -0.15) is 13.2 Å². The van der Waals surface area contributed by atoms with Gasteiger partial charge in [-0.15, -0.1) is 10.1 Å². The first-order chi connectivity index (χ1) is 24.1. The van der Waals surface area contributed by atoms with E-state index in [4.69, 9.17) is 14.2 Å². The van der Waals surface area contributed by atoms with Gasteiger partial charge in [-0.05, 0) is 82.6 Å². The van der Waals surface area contributed by atoms with Crippen LogP contribution >= 0.6 is 0 Å². The van der Waals surface area contributed by atoms with Crippen molar-refractivity contribution >= 4 is 17.8 Å². The van der Waals surface area contributed by atoms with Gasteiger partial charge in [0.1, 0.15) is 25.0 Å². The summed E-state index contributed by atoms with van der Waals surface area (Å²) < 4.78 is 55.8. The molecular weight excluding hydrogens is 681 g/mol. The van der Waals surface area contributed by atoms with Crippen molar-refractivity contribution < 1.29 is 61.9 Å². The van der Waals surface area contributed by atoms with E-state index in [2.05, 4.69) is 10.2 Å². The number of carbonyl (C=O) groups is 3. The number of halogens is 3. The molecule has 6 atom stereocenters. The number of alkyl halides is 3. The van der Waals surface area contributed by atoms with Crippen LogP contribution in [0.2, 0.25) is 0 Å². The monoisotopic (exact) mass is 730 g/mol. The molecule has 13 nitrogen and oxygen atoms in total. The summed E-state index contributed by atoms with van der Waals surface area (Å²) in [7, 11) is 0. The molecule has 0 radical (unpaired) electrons. The Morgan fingerprint density at radius 1 is 1.08 bits per heavy atom. The topological polar surface area (TPSA) is 184 Å². The summed E-state index contributed by atoms with van der Waals surface area (Å²) in [4.78, 5) is 51.8. The molecule has 16 heteroatoms. The number of esters is 2. The molecule has 0 saturated heterocycles. The SMILES string of the molecule is CCC(CCCC(=O)NCC(=O)O[C@H](/C=C/[C@@H]1[C@@H](C/C=C\CCCC(=O)OC(C)C)[C@@H](O)C[C@H]1O)COc1cccc(C(F)(F)F)c1)O[N+](=O)[O-]. The summed E-state index contributed by atoms with van der Waals surface area (Å²) in [6, 6.07) is 4.16. The van der Waals surface area contributed by atoms with Gasteiger partial charge in [-0.25, -0.2) is 0 Å². The van der Waals surface area contributed by atoms with Crippen molar-refractivity contribution in [2.75, 3.05) is 13.2 Å². The van der Waals surface area contributed by atoms with Gasteiger partial charge >= 0.3 is 18.1 Å². The molecule has 1 unspecified atom stereocenters. The summed E-state index contributed by atoms with van der Waals surface area (Å²) in [5.41, 5.74) is -0.934. The van der Waals surface area contributed by atoms with Gasteiger partial charge in [-0.3, -0.25) is 14.4 Å². The maximum absolute atomic E-state index is 13.2. The summed E-state index contributed by atoms with van der Waals surface area (Å²) >= 11 is 0. The van der Waals surface area contributed by atoms with Crippen LogP contribution in [0.15, 0.2) is 48.6 Å². The standard InChI is InChI=1S/C35H49F3N2O11/c1-4-25(51-40(46)47)12-10-15-32(43)39-21-34(45)50-27(22-48-26-13-9-11-24(19-26)35(36,37)38)17-18-29-28(30(41)20-31(29)42)14-7-5-6-8-16-33(44)49-23(2)3/h5,7,9,11,13,17-19,23,25,27-31,41-42H,4,6,8,10,12,14-16,20-22H2,1-3H3,(H,39,43)/b7-5-,18-17+/t25?,27-,28-,29-,30+,31-/m1/s1. The number of hydrogen-bond acceptors (Lipinski definition) is 11. The van der Waals surface area contributed by atoms with Gasteiger partial charge in [0.15, 0.2) is 6.10 Å². The third kappa shape index (κ3) is 17.1. The molecule has 51 heavy (non-hydrogen) atoms. The largest absolute Gasteiger partial charge is 0.489 e. The van der Waals surface area contributed by atoms with Gasteiger partial charge in [0.05, 0.1) is 23.9 Å². The van der Waals surface area contributed by atoms with E-state index >= 15 is 0 Å². The summed E-state index contributed by atoms with van der Waals surface area (Å²) in [6.45, 7) is 4.31. The van der Waals surface area contributed by atoms with Gasteiger partial charge in [0.25, 0.3) is 5.09 Å². The molecule has 286 valence electrons. The normalized spacial score (nSPS) is 20.3. The number of ether oxygens (including phenoxy) is 3. The third-order valence-corrected chi connectivity index (χ3v) is 8.07. The molecule has 3 N–H and O–H groups in total. The van der Waals surface area contributed by atoms with Crippen LogP contribution in [-0.4, -0.2) is 76.8 Å². The van der Waals surface area contributed by atoms with Gasteiger partial charge in [-0.1, -0.05) is 31.2 Å². The van der Waals surface area contributed by atoms with Gasteiger partial charge in [0.2, 0.25) is 5.91 Å². The lowest BCUT2D eigenvalue weighted by molar-refractivity contribution is -0.768. The van der Waals surface area contributed by atoms with Crippen LogP contribution in [0.4, 0.5) is 13.2 Å². The maximum Gasteiger partial charge on any atom is 0.416 e. The predicted octanol–water partition coefficient (Wildman–Crippen LogP) is 5.25. The number of unbranched alkanes of at least 4 members (excludes halogenated alkanes) is 1. The molecule has 1 fully saturated rings. The van der Waals surface area contributed by atoms with Crippen LogP contribution in [-0.2, 0) is 34.9 Å². The van der Waals surface area contributed by atoms with Crippen LogP contribution in [0.3, 0.4) is 0 Å². The van der Waals surface area contributed by atoms with E-state index < -0.39 is 78.1 Å². The average molecular weight is 731 g/mol. The molecule has 1 aromatic carbocycles. The Balaban J connectivity index is 2.05. The van der Waals surface area contributed by atoms with Crippen LogP contribution in [0.1, 0.15) is 84.1 Å². The first kappa shape index (κ1) is 43.0. The molecule has 1 amide bonds. The maximum atomic E-state index is 13.2. The highest BCUT2D eigenvalue weighted by Crippen LogP contribution is 2.36. The number of carbonyl (C=O) groups excluding carboxylic acids is 3. The molecule has 0 spiro atoms. The van der Waals surface area contributed by atoms with Crippen LogP contribution in [0, 0.1) is 22.0 Å². The van der Waals surface area contributed by atoms with E-state index in [-0.39, 0.29) is 49.9 Å². The fourth-order valence-corrected chi connectivity index (χ4v) is 5.50. The van der Waals surface area contributed by atoms with Crippen LogP contribution in [0.25, 0.3) is 0 Å². The minimum absolute atomic E-state index is 0.0325. The Kier molecular flexibility index (Phi) is 18.5. The second-order valence-electron chi connectivity index (χ2n) is 12.5. The van der Waals surface area contributed by atoms with Gasteiger partial charge in [0, 0.05) is 25.2 Å². The minimum Gasteiger partial charge on any atom is -0.489 e. The van der Waals surface area contributed by atoms with Crippen LogP contribution in [0.5, 0.6) is 5.75 Å². The first-order valence-electron chi connectivity index (χ1n) is 17.0. The Morgan fingerprint density at radius 2 is 1.82 bits per heavy atom. The second kappa shape index (κ2) is 21.9. The number of allylic oxidation sites excluding steroid dienone is 2. The second-order valence-corrected chi connectivity index (χ2v) is 12.5. The molecule has 0 bridgehead atoms.